The number of ketones is 1. The molecule has 25 heavy (non-hydrogen) atoms. The maximum Gasteiger partial charge on any atom is 0.326 e. The number of hydrogen-bond donors (Lipinski definition) is 0. The summed E-state index contributed by atoms with van der Waals surface area (Å²) in [5.41, 5.74) is 0.0955. The molecule has 0 radical (unpaired) electrons. The van der Waals surface area contributed by atoms with Crippen molar-refractivity contribution in [1.29, 1.82) is 0 Å². The van der Waals surface area contributed by atoms with Gasteiger partial charge >= 0.3 is 6.03 Å². The fraction of sp³-hybridized carbons (Fsp3) is 0.650. The highest BCUT2D eigenvalue weighted by Gasteiger charge is 2.50. The minimum absolute atomic E-state index is 0.0435. The Kier molecular flexibility index (Phi) is 5.11. The van der Waals surface area contributed by atoms with Crippen LogP contribution in [0.3, 0.4) is 0 Å². The van der Waals surface area contributed by atoms with Crippen LogP contribution in [0.4, 0.5) is 4.79 Å². The average molecular weight is 344 g/mol. The van der Waals surface area contributed by atoms with E-state index in [1.54, 1.807) is 11.9 Å². The maximum absolute atomic E-state index is 12.9. The molecule has 0 N–H and O–H groups in total. The van der Waals surface area contributed by atoms with Crippen molar-refractivity contribution in [2.75, 3.05) is 20.1 Å². The third-order valence-electron chi connectivity index (χ3n) is 6.03. The van der Waals surface area contributed by atoms with Crippen molar-refractivity contribution < 1.29 is 14.4 Å². The second-order valence-electron chi connectivity index (χ2n) is 7.82. The molecule has 1 atom stereocenters. The van der Waals surface area contributed by atoms with Gasteiger partial charge in [-0.3, -0.25) is 14.5 Å². The van der Waals surface area contributed by atoms with Gasteiger partial charge in [0.25, 0.3) is 0 Å². The SMILES string of the molecule is CN1C(=O)N(CC(=O)C2=CCCC=C2)CC(C)(C2CCCCC2)C1=O. The van der Waals surface area contributed by atoms with E-state index in [4.69, 9.17) is 0 Å². The molecule has 3 rings (SSSR count). The molecular weight excluding hydrogens is 316 g/mol. The van der Waals surface area contributed by atoms with Gasteiger partial charge in [0.2, 0.25) is 5.91 Å². The number of carbonyl (C=O) groups excluding carboxylic acids is 3. The van der Waals surface area contributed by atoms with Gasteiger partial charge in [-0.2, -0.15) is 0 Å². The number of nitrogens with zero attached hydrogens (tertiary/aromatic N) is 2. The molecule has 1 unspecified atom stereocenters. The Bertz CT molecular complexity index is 631. The monoisotopic (exact) mass is 344 g/mol. The van der Waals surface area contributed by atoms with Crippen molar-refractivity contribution in [2.45, 2.75) is 51.9 Å². The number of rotatable bonds is 4. The lowest BCUT2D eigenvalue weighted by atomic mass is 9.68. The molecule has 3 amide bonds. The highest BCUT2D eigenvalue weighted by Crippen LogP contribution is 2.42. The summed E-state index contributed by atoms with van der Waals surface area (Å²) in [4.78, 5) is 40.8. The van der Waals surface area contributed by atoms with Gasteiger partial charge in [-0.1, -0.05) is 37.5 Å². The molecule has 5 nitrogen and oxygen atoms in total. The van der Waals surface area contributed by atoms with Crippen LogP contribution in [0.5, 0.6) is 0 Å². The Morgan fingerprint density at radius 3 is 2.56 bits per heavy atom. The van der Waals surface area contributed by atoms with Crippen LogP contribution in [0.1, 0.15) is 51.9 Å². The number of hydrogen-bond acceptors (Lipinski definition) is 3. The highest BCUT2D eigenvalue weighted by atomic mass is 16.2. The number of Topliss-reactive ketones (excluding diaryl/α,β-unsaturated/α-hetero) is 1. The van der Waals surface area contributed by atoms with E-state index in [2.05, 4.69) is 0 Å². The predicted molar refractivity (Wildman–Crippen MR) is 95.9 cm³/mol. The van der Waals surface area contributed by atoms with Crippen LogP contribution in [0.25, 0.3) is 0 Å². The molecule has 2 aliphatic carbocycles. The standard InChI is InChI=1S/C20H28N2O3/c1-20(16-11-7-4-8-12-16)14-22(19(25)21(2)18(20)24)13-17(23)15-9-5-3-6-10-15/h5,9-10,16H,3-4,6-8,11-14H2,1-2H3. The van der Waals surface area contributed by atoms with E-state index in [1.807, 2.05) is 25.2 Å². The minimum atomic E-state index is -0.583. The number of allylic oxidation sites excluding steroid dienone is 3. The van der Waals surface area contributed by atoms with Crippen molar-refractivity contribution >= 4 is 17.7 Å². The van der Waals surface area contributed by atoms with Crippen LogP contribution >= 0.6 is 0 Å². The molecule has 3 aliphatic rings. The van der Waals surface area contributed by atoms with Crippen LogP contribution < -0.4 is 0 Å². The summed E-state index contributed by atoms with van der Waals surface area (Å²) in [6.07, 6.45) is 13.1. The van der Waals surface area contributed by atoms with E-state index in [-0.39, 0.29) is 30.2 Å². The number of amides is 3. The maximum atomic E-state index is 12.9. The topological polar surface area (TPSA) is 57.7 Å². The lowest BCUT2D eigenvalue weighted by Gasteiger charge is -2.47. The normalized spacial score (nSPS) is 28.3. The van der Waals surface area contributed by atoms with Crippen molar-refractivity contribution in [3.8, 4) is 0 Å². The smallest absolute Gasteiger partial charge is 0.316 e. The van der Waals surface area contributed by atoms with Crippen molar-refractivity contribution in [1.82, 2.24) is 9.80 Å². The van der Waals surface area contributed by atoms with Crippen LogP contribution in [-0.4, -0.2) is 47.7 Å². The highest BCUT2D eigenvalue weighted by molar-refractivity contribution is 6.04. The largest absolute Gasteiger partial charge is 0.326 e. The number of carbonyl (C=O) groups is 3. The summed E-state index contributed by atoms with van der Waals surface area (Å²) in [5.74, 6) is 0.151. The van der Waals surface area contributed by atoms with Crippen molar-refractivity contribution in [2.24, 2.45) is 11.3 Å². The van der Waals surface area contributed by atoms with Gasteiger partial charge in [0.15, 0.2) is 5.78 Å². The predicted octanol–water partition coefficient (Wildman–Crippen LogP) is 3.31. The summed E-state index contributed by atoms with van der Waals surface area (Å²) in [6, 6.07) is -0.355. The third kappa shape index (κ3) is 3.42. The Balaban J connectivity index is 1.78. The van der Waals surface area contributed by atoms with E-state index < -0.39 is 5.41 Å². The van der Waals surface area contributed by atoms with Crippen LogP contribution in [0.2, 0.25) is 0 Å². The number of imide groups is 1. The van der Waals surface area contributed by atoms with Crippen molar-refractivity contribution in [3.63, 3.8) is 0 Å². The first-order valence-electron chi connectivity index (χ1n) is 9.40. The molecule has 0 aromatic rings. The molecule has 1 aliphatic heterocycles. The molecule has 0 bridgehead atoms. The van der Waals surface area contributed by atoms with Gasteiger partial charge in [-0.25, -0.2) is 4.79 Å². The van der Waals surface area contributed by atoms with Gasteiger partial charge in [-0.05, 0) is 38.5 Å². The first kappa shape index (κ1) is 17.9. The quantitative estimate of drug-likeness (QED) is 0.786. The molecule has 136 valence electrons. The van der Waals surface area contributed by atoms with Gasteiger partial charge in [0, 0.05) is 19.2 Å². The van der Waals surface area contributed by atoms with E-state index in [0.29, 0.717) is 12.1 Å². The van der Waals surface area contributed by atoms with E-state index in [0.717, 1.165) is 38.5 Å². The lowest BCUT2D eigenvalue weighted by molar-refractivity contribution is -0.147. The summed E-state index contributed by atoms with van der Waals surface area (Å²) in [5, 5.41) is 0. The minimum Gasteiger partial charge on any atom is -0.316 e. The van der Waals surface area contributed by atoms with E-state index in [9.17, 15) is 14.4 Å². The van der Waals surface area contributed by atoms with Gasteiger partial charge in [0.1, 0.15) is 0 Å². The zero-order valence-corrected chi connectivity index (χ0v) is 15.3. The van der Waals surface area contributed by atoms with E-state index in [1.165, 1.54) is 11.3 Å². The summed E-state index contributed by atoms with van der Waals surface area (Å²) in [6.45, 7) is 2.38. The first-order chi connectivity index (χ1) is 11.9. The Hall–Kier alpha value is -1.91. The molecule has 1 saturated carbocycles. The first-order valence-corrected chi connectivity index (χ1v) is 9.40. The fourth-order valence-corrected chi connectivity index (χ4v) is 4.47. The molecule has 1 heterocycles. The Morgan fingerprint density at radius 1 is 1.20 bits per heavy atom. The number of urea groups is 1. The molecule has 0 spiro atoms. The summed E-state index contributed by atoms with van der Waals surface area (Å²) in [7, 11) is 1.54. The Labute approximate surface area is 149 Å². The zero-order valence-electron chi connectivity index (χ0n) is 15.3. The molecule has 0 aromatic heterocycles. The average Bonchev–Trinajstić information content (AvgIpc) is 2.65. The van der Waals surface area contributed by atoms with E-state index >= 15 is 0 Å². The summed E-state index contributed by atoms with van der Waals surface area (Å²) < 4.78 is 0. The summed E-state index contributed by atoms with van der Waals surface area (Å²) >= 11 is 0. The zero-order chi connectivity index (χ0) is 18.0. The second kappa shape index (κ2) is 7.14. The van der Waals surface area contributed by atoms with Crippen LogP contribution in [0.15, 0.2) is 23.8 Å². The molecule has 2 fully saturated rings. The van der Waals surface area contributed by atoms with Gasteiger partial charge < -0.3 is 4.90 Å². The molecule has 1 saturated heterocycles. The van der Waals surface area contributed by atoms with Crippen molar-refractivity contribution in [3.05, 3.63) is 23.8 Å². The van der Waals surface area contributed by atoms with Crippen LogP contribution in [0, 0.1) is 11.3 Å². The lowest BCUT2D eigenvalue weighted by Crippen LogP contribution is -2.62. The third-order valence-corrected chi connectivity index (χ3v) is 6.03. The van der Waals surface area contributed by atoms with Crippen LogP contribution in [-0.2, 0) is 9.59 Å². The Morgan fingerprint density at radius 2 is 1.92 bits per heavy atom. The fourth-order valence-electron chi connectivity index (χ4n) is 4.47. The van der Waals surface area contributed by atoms with Gasteiger partial charge in [-0.15, -0.1) is 0 Å². The molecule has 0 aromatic carbocycles. The molecule has 5 heteroatoms. The van der Waals surface area contributed by atoms with Gasteiger partial charge in [0.05, 0.1) is 12.0 Å². The molecular formula is C20H28N2O3. The second-order valence-corrected chi connectivity index (χ2v) is 7.82.